The molecule has 0 aliphatic heterocycles. The Labute approximate surface area is 92.7 Å². The summed E-state index contributed by atoms with van der Waals surface area (Å²) < 4.78 is 24.4. The molecule has 86 valence electrons. The molecule has 1 aromatic carbocycles. The fourth-order valence-corrected chi connectivity index (χ4v) is 1.84. The molecule has 2 nitrogen and oxygen atoms in total. The lowest BCUT2D eigenvalue weighted by Gasteiger charge is -2.35. The highest BCUT2D eigenvalue weighted by Crippen LogP contribution is 2.32. The number of carbonyl (C=O) groups is 1. The minimum absolute atomic E-state index is 0.0910. The van der Waals surface area contributed by atoms with E-state index in [1.54, 1.807) is 24.3 Å². The molecule has 1 aromatic rings. The summed E-state index contributed by atoms with van der Waals surface area (Å²) in [7, 11) is 0. The van der Waals surface area contributed by atoms with E-state index in [4.69, 9.17) is 0 Å². The van der Waals surface area contributed by atoms with E-state index in [0.29, 0.717) is 18.4 Å². The lowest BCUT2D eigenvalue weighted by molar-refractivity contribution is 0.0158. The predicted molar refractivity (Wildman–Crippen MR) is 56.4 cm³/mol. The van der Waals surface area contributed by atoms with Gasteiger partial charge in [-0.1, -0.05) is 18.2 Å². The van der Waals surface area contributed by atoms with Gasteiger partial charge in [-0.25, -0.2) is 8.78 Å². The van der Waals surface area contributed by atoms with Gasteiger partial charge in [0.2, 0.25) is 6.43 Å². The van der Waals surface area contributed by atoms with Crippen LogP contribution in [0, 0.1) is 5.92 Å². The number of halogens is 2. The third kappa shape index (κ3) is 2.38. The molecule has 16 heavy (non-hydrogen) atoms. The van der Waals surface area contributed by atoms with Gasteiger partial charge in [0.25, 0.3) is 5.91 Å². The first kappa shape index (κ1) is 11.0. The van der Waals surface area contributed by atoms with Crippen LogP contribution in [-0.2, 0) is 0 Å². The monoisotopic (exact) mass is 225 g/mol. The molecule has 0 spiro atoms. The lowest BCUT2D eigenvalue weighted by atomic mass is 9.80. The zero-order valence-electron chi connectivity index (χ0n) is 8.70. The first-order valence-corrected chi connectivity index (χ1v) is 5.31. The highest BCUT2D eigenvalue weighted by Gasteiger charge is 2.36. The average molecular weight is 225 g/mol. The average Bonchev–Trinajstić information content (AvgIpc) is 2.23. The molecule has 1 saturated carbocycles. The van der Waals surface area contributed by atoms with Crippen molar-refractivity contribution in [3.8, 4) is 0 Å². The first-order chi connectivity index (χ1) is 7.66. The van der Waals surface area contributed by atoms with Gasteiger partial charge in [-0.2, -0.15) is 0 Å². The van der Waals surface area contributed by atoms with Crippen LogP contribution < -0.4 is 5.32 Å². The van der Waals surface area contributed by atoms with Crippen LogP contribution in [0.2, 0.25) is 0 Å². The van der Waals surface area contributed by atoms with Gasteiger partial charge < -0.3 is 5.32 Å². The second kappa shape index (κ2) is 4.60. The predicted octanol–water partition coefficient (Wildman–Crippen LogP) is 2.46. The summed E-state index contributed by atoms with van der Waals surface area (Å²) in [6.07, 6.45) is -1.49. The van der Waals surface area contributed by atoms with E-state index in [1.165, 1.54) is 0 Å². The normalized spacial score (nSPS) is 23.9. The van der Waals surface area contributed by atoms with E-state index in [-0.39, 0.29) is 11.9 Å². The summed E-state index contributed by atoms with van der Waals surface area (Å²) in [5, 5.41) is 2.75. The molecule has 0 bridgehead atoms. The molecule has 1 amide bonds. The van der Waals surface area contributed by atoms with Gasteiger partial charge in [0.15, 0.2) is 0 Å². The minimum Gasteiger partial charge on any atom is -0.349 e. The van der Waals surface area contributed by atoms with Gasteiger partial charge in [0.1, 0.15) is 0 Å². The minimum atomic E-state index is -2.26. The Kier molecular flexibility index (Phi) is 3.17. The van der Waals surface area contributed by atoms with E-state index in [9.17, 15) is 13.6 Å². The number of amides is 1. The molecule has 1 aliphatic rings. The number of hydrogen-bond donors (Lipinski definition) is 1. The van der Waals surface area contributed by atoms with E-state index in [1.807, 2.05) is 6.07 Å². The number of benzene rings is 1. The largest absolute Gasteiger partial charge is 0.349 e. The SMILES string of the molecule is O=C(NC1CC(C(F)F)C1)c1ccccc1. The Morgan fingerprint density at radius 2 is 1.88 bits per heavy atom. The van der Waals surface area contributed by atoms with Gasteiger partial charge in [0.05, 0.1) is 0 Å². The Morgan fingerprint density at radius 3 is 2.44 bits per heavy atom. The zero-order chi connectivity index (χ0) is 11.5. The Bertz CT molecular complexity index is 361. The standard InChI is InChI=1S/C12H13F2NO/c13-11(14)9-6-10(7-9)15-12(16)8-4-2-1-3-5-8/h1-5,9-11H,6-7H2,(H,15,16). The highest BCUT2D eigenvalue weighted by molar-refractivity contribution is 5.94. The maximum absolute atomic E-state index is 12.2. The van der Waals surface area contributed by atoms with Crippen LogP contribution >= 0.6 is 0 Å². The maximum atomic E-state index is 12.2. The van der Waals surface area contributed by atoms with Gasteiger partial charge in [-0.15, -0.1) is 0 Å². The van der Waals surface area contributed by atoms with Crippen molar-refractivity contribution in [2.75, 3.05) is 0 Å². The first-order valence-electron chi connectivity index (χ1n) is 5.31. The van der Waals surface area contributed by atoms with Crippen molar-refractivity contribution < 1.29 is 13.6 Å². The lowest BCUT2D eigenvalue weighted by Crippen LogP contribution is -2.46. The van der Waals surface area contributed by atoms with Gasteiger partial charge >= 0.3 is 0 Å². The third-order valence-corrected chi connectivity index (χ3v) is 2.90. The van der Waals surface area contributed by atoms with E-state index < -0.39 is 12.3 Å². The molecule has 0 atom stereocenters. The summed E-state index contributed by atoms with van der Waals surface area (Å²) in [6.45, 7) is 0. The van der Waals surface area contributed by atoms with Crippen LogP contribution in [0.5, 0.6) is 0 Å². The van der Waals surface area contributed by atoms with Crippen molar-refractivity contribution >= 4 is 5.91 Å². The molecular weight excluding hydrogens is 212 g/mol. The van der Waals surface area contributed by atoms with Crippen LogP contribution in [0.15, 0.2) is 30.3 Å². The molecule has 1 N–H and O–H groups in total. The van der Waals surface area contributed by atoms with Crippen molar-refractivity contribution in [1.29, 1.82) is 0 Å². The number of alkyl halides is 2. The number of rotatable bonds is 3. The molecule has 0 aromatic heterocycles. The highest BCUT2D eigenvalue weighted by atomic mass is 19.3. The maximum Gasteiger partial charge on any atom is 0.251 e. The summed E-state index contributed by atoms with van der Waals surface area (Å²) in [6, 6.07) is 8.70. The molecule has 0 saturated heterocycles. The molecule has 1 aliphatic carbocycles. The number of carbonyl (C=O) groups excluding carboxylic acids is 1. The number of nitrogens with one attached hydrogen (secondary N) is 1. The van der Waals surface area contributed by atoms with E-state index in [2.05, 4.69) is 5.32 Å². The summed E-state index contributed by atoms with van der Waals surface area (Å²) >= 11 is 0. The Hall–Kier alpha value is -1.45. The van der Waals surface area contributed by atoms with E-state index >= 15 is 0 Å². The van der Waals surface area contributed by atoms with Crippen LogP contribution in [-0.4, -0.2) is 18.4 Å². The molecule has 0 heterocycles. The summed E-state index contributed by atoms with van der Waals surface area (Å²) in [5.41, 5.74) is 0.572. The molecule has 0 unspecified atom stereocenters. The summed E-state index contributed by atoms with van der Waals surface area (Å²) in [5.74, 6) is -0.723. The van der Waals surface area contributed by atoms with Crippen LogP contribution in [0.4, 0.5) is 8.78 Å². The van der Waals surface area contributed by atoms with E-state index in [0.717, 1.165) is 0 Å². The van der Waals surface area contributed by atoms with Crippen LogP contribution in [0.25, 0.3) is 0 Å². The zero-order valence-corrected chi connectivity index (χ0v) is 8.70. The molecule has 4 heteroatoms. The van der Waals surface area contributed by atoms with Crippen LogP contribution in [0.3, 0.4) is 0 Å². The van der Waals surface area contributed by atoms with Crippen molar-refractivity contribution in [3.05, 3.63) is 35.9 Å². The Morgan fingerprint density at radius 1 is 1.25 bits per heavy atom. The molecule has 1 fully saturated rings. The van der Waals surface area contributed by atoms with Gasteiger partial charge in [-0.3, -0.25) is 4.79 Å². The van der Waals surface area contributed by atoms with Crippen molar-refractivity contribution in [2.24, 2.45) is 5.92 Å². The Balaban J connectivity index is 1.82. The van der Waals surface area contributed by atoms with Crippen molar-refractivity contribution in [1.82, 2.24) is 5.32 Å². The van der Waals surface area contributed by atoms with Crippen molar-refractivity contribution in [3.63, 3.8) is 0 Å². The number of hydrogen-bond acceptors (Lipinski definition) is 1. The quantitative estimate of drug-likeness (QED) is 0.841. The smallest absolute Gasteiger partial charge is 0.251 e. The van der Waals surface area contributed by atoms with Crippen molar-refractivity contribution in [2.45, 2.75) is 25.3 Å². The van der Waals surface area contributed by atoms with Gasteiger partial charge in [0, 0.05) is 17.5 Å². The molecule has 0 radical (unpaired) electrons. The topological polar surface area (TPSA) is 29.1 Å². The summed E-state index contributed by atoms with van der Waals surface area (Å²) in [4.78, 5) is 11.6. The second-order valence-corrected chi connectivity index (χ2v) is 4.10. The fraction of sp³-hybridized carbons (Fsp3) is 0.417. The molecular formula is C12H13F2NO. The second-order valence-electron chi connectivity index (χ2n) is 4.10. The fourth-order valence-electron chi connectivity index (χ4n) is 1.84. The third-order valence-electron chi connectivity index (χ3n) is 2.90. The molecule has 2 rings (SSSR count). The van der Waals surface area contributed by atoms with Gasteiger partial charge in [-0.05, 0) is 25.0 Å². The van der Waals surface area contributed by atoms with Crippen LogP contribution in [0.1, 0.15) is 23.2 Å².